The summed E-state index contributed by atoms with van der Waals surface area (Å²) in [5.41, 5.74) is 11.6. The Labute approximate surface area is 102 Å². The first-order valence-electron chi connectivity index (χ1n) is 5.67. The Balaban J connectivity index is 1.99. The number of rotatable bonds is 9. The largest absolute Gasteiger partial charge is 0.489 e. The zero-order valence-corrected chi connectivity index (χ0v) is 9.93. The first kappa shape index (κ1) is 13.8. The molecule has 0 fully saturated rings. The molecule has 0 radical (unpaired) electrons. The van der Waals surface area contributed by atoms with Gasteiger partial charge in [0.05, 0.1) is 32.1 Å². The molecule has 1 aromatic carbocycles. The summed E-state index contributed by atoms with van der Waals surface area (Å²) in [4.78, 5) is 0. The van der Waals surface area contributed by atoms with E-state index in [9.17, 15) is 0 Å². The Hall–Kier alpha value is -1.30. The first-order valence-corrected chi connectivity index (χ1v) is 5.67. The van der Waals surface area contributed by atoms with Crippen molar-refractivity contribution in [3.05, 3.63) is 24.3 Å². The van der Waals surface area contributed by atoms with Gasteiger partial charge in [-0.1, -0.05) is 12.1 Å². The smallest absolute Gasteiger partial charge is 0.142 e. The van der Waals surface area contributed by atoms with Crippen LogP contribution in [-0.2, 0) is 9.47 Å². The fraction of sp³-hybridized carbons (Fsp3) is 0.500. The molecule has 0 aromatic heterocycles. The maximum absolute atomic E-state index is 5.72. The van der Waals surface area contributed by atoms with E-state index in [4.69, 9.17) is 25.7 Å². The van der Waals surface area contributed by atoms with Crippen molar-refractivity contribution in [2.75, 3.05) is 45.3 Å². The average Bonchev–Trinajstić information content (AvgIpc) is 2.35. The molecule has 0 saturated carbocycles. The number of benzene rings is 1. The molecular formula is C12H20N2O3. The molecule has 0 aliphatic carbocycles. The quantitative estimate of drug-likeness (QED) is 0.489. The maximum Gasteiger partial charge on any atom is 0.142 e. The van der Waals surface area contributed by atoms with Gasteiger partial charge < -0.3 is 25.7 Å². The highest BCUT2D eigenvalue weighted by molar-refractivity contribution is 5.51. The molecule has 1 aromatic rings. The lowest BCUT2D eigenvalue weighted by Gasteiger charge is -2.09. The van der Waals surface area contributed by atoms with E-state index in [0.29, 0.717) is 51.0 Å². The second-order valence-electron chi connectivity index (χ2n) is 3.40. The van der Waals surface area contributed by atoms with Gasteiger partial charge in [-0.05, 0) is 12.1 Å². The van der Waals surface area contributed by atoms with Crippen LogP contribution in [0.3, 0.4) is 0 Å². The van der Waals surface area contributed by atoms with Crippen LogP contribution in [0.2, 0.25) is 0 Å². The molecule has 0 amide bonds. The van der Waals surface area contributed by atoms with Crippen LogP contribution in [-0.4, -0.2) is 39.6 Å². The van der Waals surface area contributed by atoms with Crippen molar-refractivity contribution in [2.45, 2.75) is 0 Å². The summed E-state index contributed by atoms with van der Waals surface area (Å²) >= 11 is 0. The molecule has 4 N–H and O–H groups in total. The number of anilines is 1. The minimum Gasteiger partial charge on any atom is -0.489 e. The van der Waals surface area contributed by atoms with E-state index in [0.717, 1.165) is 0 Å². The Bertz CT molecular complexity index is 308. The third-order valence-electron chi connectivity index (χ3n) is 2.04. The van der Waals surface area contributed by atoms with E-state index < -0.39 is 0 Å². The fourth-order valence-corrected chi connectivity index (χ4v) is 1.23. The first-order chi connectivity index (χ1) is 8.34. The van der Waals surface area contributed by atoms with E-state index in [1.807, 2.05) is 18.2 Å². The standard InChI is InChI=1S/C12H20N2O3/c13-5-6-15-7-8-16-9-10-17-12-4-2-1-3-11(12)14/h1-4H,5-10,13-14H2. The lowest BCUT2D eigenvalue weighted by Crippen LogP contribution is -2.14. The summed E-state index contributed by atoms with van der Waals surface area (Å²) in [6.45, 7) is 3.21. The number of nitrogens with two attached hydrogens (primary N) is 2. The van der Waals surface area contributed by atoms with Crippen molar-refractivity contribution in [3.8, 4) is 5.75 Å². The van der Waals surface area contributed by atoms with Crippen LogP contribution in [0.4, 0.5) is 5.69 Å². The highest BCUT2D eigenvalue weighted by atomic mass is 16.5. The number of hydrogen-bond acceptors (Lipinski definition) is 5. The summed E-state index contributed by atoms with van der Waals surface area (Å²) in [5, 5.41) is 0. The maximum atomic E-state index is 5.72. The normalized spacial score (nSPS) is 10.4. The minimum absolute atomic E-state index is 0.477. The second-order valence-corrected chi connectivity index (χ2v) is 3.40. The zero-order chi connectivity index (χ0) is 12.3. The summed E-state index contributed by atoms with van der Waals surface area (Å²) in [7, 11) is 0. The molecule has 5 nitrogen and oxygen atoms in total. The van der Waals surface area contributed by atoms with Crippen molar-refractivity contribution in [1.29, 1.82) is 0 Å². The van der Waals surface area contributed by atoms with Gasteiger partial charge in [0.1, 0.15) is 12.4 Å². The number of ether oxygens (including phenoxy) is 3. The highest BCUT2D eigenvalue weighted by Crippen LogP contribution is 2.19. The minimum atomic E-state index is 0.477. The third-order valence-corrected chi connectivity index (χ3v) is 2.04. The van der Waals surface area contributed by atoms with Crippen molar-refractivity contribution in [1.82, 2.24) is 0 Å². The van der Waals surface area contributed by atoms with Crippen LogP contribution in [0.1, 0.15) is 0 Å². The summed E-state index contributed by atoms with van der Waals surface area (Å²) in [6, 6.07) is 7.39. The summed E-state index contributed by atoms with van der Waals surface area (Å²) in [5.74, 6) is 0.690. The van der Waals surface area contributed by atoms with E-state index in [1.54, 1.807) is 6.07 Å². The molecule has 0 unspecified atom stereocenters. The van der Waals surface area contributed by atoms with E-state index >= 15 is 0 Å². The lowest BCUT2D eigenvalue weighted by atomic mass is 10.3. The number of nitrogen functional groups attached to an aromatic ring is 1. The van der Waals surface area contributed by atoms with Crippen molar-refractivity contribution in [2.24, 2.45) is 5.73 Å². The second kappa shape index (κ2) is 8.81. The van der Waals surface area contributed by atoms with Crippen LogP contribution >= 0.6 is 0 Å². The van der Waals surface area contributed by atoms with Gasteiger partial charge >= 0.3 is 0 Å². The molecule has 0 spiro atoms. The Morgan fingerprint density at radius 1 is 0.882 bits per heavy atom. The molecule has 0 aliphatic rings. The van der Waals surface area contributed by atoms with Gasteiger partial charge in [-0.3, -0.25) is 0 Å². The van der Waals surface area contributed by atoms with Crippen LogP contribution in [0.25, 0.3) is 0 Å². The molecule has 0 aliphatic heterocycles. The third kappa shape index (κ3) is 6.11. The molecule has 0 saturated heterocycles. The van der Waals surface area contributed by atoms with Crippen LogP contribution in [0, 0.1) is 0 Å². The van der Waals surface area contributed by atoms with Gasteiger partial charge in [0.25, 0.3) is 0 Å². The van der Waals surface area contributed by atoms with Gasteiger partial charge in [0.2, 0.25) is 0 Å². The van der Waals surface area contributed by atoms with Crippen molar-refractivity contribution in [3.63, 3.8) is 0 Å². The zero-order valence-electron chi connectivity index (χ0n) is 9.93. The highest BCUT2D eigenvalue weighted by Gasteiger charge is 1.97. The van der Waals surface area contributed by atoms with Crippen LogP contribution < -0.4 is 16.2 Å². The molecule has 1 rings (SSSR count). The average molecular weight is 240 g/mol. The molecule has 0 heterocycles. The van der Waals surface area contributed by atoms with E-state index in [2.05, 4.69) is 0 Å². The number of hydrogen-bond donors (Lipinski definition) is 2. The Kier molecular flexibility index (Phi) is 7.13. The van der Waals surface area contributed by atoms with Crippen LogP contribution in [0.5, 0.6) is 5.75 Å². The van der Waals surface area contributed by atoms with Gasteiger partial charge in [-0.2, -0.15) is 0 Å². The predicted octanol–water partition coefficient (Wildman–Crippen LogP) is 0.640. The molecule has 0 bridgehead atoms. The molecule has 17 heavy (non-hydrogen) atoms. The van der Waals surface area contributed by atoms with Gasteiger partial charge in [0.15, 0.2) is 0 Å². The molecule has 5 heteroatoms. The van der Waals surface area contributed by atoms with Crippen molar-refractivity contribution >= 4 is 5.69 Å². The van der Waals surface area contributed by atoms with E-state index in [1.165, 1.54) is 0 Å². The Morgan fingerprint density at radius 3 is 2.24 bits per heavy atom. The Morgan fingerprint density at radius 2 is 1.53 bits per heavy atom. The van der Waals surface area contributed by atoms with Gasteiger partial charge in [-0.15, -0.1) is 0 Å². The van der Waals surface area contributed by atoms with Gasteiger partial charge in [0, 0.05) is 6.54 Å². The van der Waals surface area contributed by atoms with E-state index in [-0.39, 0.29) is 0 Å². The fourth-order valence-electron chi connectivity index (χ4n) is 1.23. The summed E-state index contributed by atoms with van der Waals surface area (Å²) in [6.07, 6.45) is 0. The SMILES string of the molecule is NCCOCCOCCOc1ccccc1N. The lowest BCUT2D eigenvalue weighted by molar-refractivity contribution is 0.0389. The van der Waals surface area contributed by atoms with Gasteiger partial charge in [-0.25, -0.2) is 0 Å². The van der Waals surface area contributed by atoms with Crippen LogP contribution in [0.15, 0.2) is 24.3 Å². The number of para-hydroxylation sites is 2. The monoisotopic (exact) mass is 240 g/mol. The topological polar surface area (TPSA) is 79.7 Å². The van der Waals surface area contributed by atoms with Crippen molar-refractivity contribution < 1.29 is 14.2 Å². The predicted molar refractivity (Wildman–Crippen MR) is 67.0 cm³/mol. The molecular weight excluding hydrogens is 220 g/mol. The molecule has 96 valence electrons. The molecule has 0 atom stereocenters. The summed E-state index contributed by atoms with van der Waals surface area (Å²) < 4.78 is 15.9.